The molecule has 0 unspecified atom stereocenters. The first kappa shape index (κ1) is 11.0. The van der Waals surface area contributed by atoms with Crippen molar-refractivity contribution in [3.63, 3.8) is 0 Å². The molecule has 1 aliphatic rings. The Bertz CT molecular complexity index is 598. The fourth-order valence-electron chi connectivity index (χ4n) is 2.42. The van der Waals surface area contributed by atoms with Crippen molar-refractivity contribution in [1.82, 2.24) is 4.98 Å². The summed E-state index contributed by atoms with van der Waals surface area (Å²) >= 11 is 0. The number of para-hydroxylation sites is 1. The summed E-state index contributed by atoms with van der Waals surface area (Å²) in [6.45, 7) is 0.943. The molecule has 3 rings (SSSR count). The maximum absolute atomic E-state index is 5.44. The highest BCUT2D eigenvalue weighted by Crippen LogP contribution is 2.38. The molecule has 0 bridgehead atoms. The van der Waals surface area contributed by atoms with E-state index in [1.165, 1.54) is 16.9 Å². The molecule has 0 atom stereocenters. The predicted octanol–water partition coefficient (Wildman–Crippen LogP) is 3.15. The van der Waals surface area contributed by atoms with E-state index in [4.69, 9.17) is 4.74 Å². The van der Waals surface area contributed by atoms with Crippen LogP contribution in [0.2, 0.25) is 0 Å². The Balaban J connectivity index is 2.17. The molecule has 2 aromatic rings. The van der Waals surface area contributed by atoms with Crippen LogP contribution < -0.4 is 9.64 Å². The molecule has 0 spiro atoms. The largest absolute Gasteiger partial charge is 0.496 e. The maximum Gasteiger partial charge on any atom is 0.126 e. The first-order chi connectivity index (χ1) is 8.81. The summed E-state index contributed by atoms with van der Waals surface area (Å²) in [5, 5.41) is 0. The fraction of sp³-hybridized carbons (Fsp3) is 0.200. The number of benzene rings is 1. The molecule has 3 nitrogen and oxygen atoms in total. The minimum Gasteiger partial charge on any atom is -0.496 e. The second-order valence-corrected chi connectivity index (χ2v) is 4.45. The molecule has 0 fully saturated rings. The molecule has 0 saturated carbocycles. The Morgan fingerprint density at radius 1 is 1.22 bits per heavy atom. The van der Waals surface area contributed by atoms with Crippen molar-refractivity contribution in [3.8, 4) is 16.9 Å². The molecule has 92 valence electrons. The van der Waals surface area contributed by atoms with Gasteiger partial charge in [0.2, 0.25) is 0 Å². The zero-order chi connectivity index (χ0) is 12.5. The third-order valence-electron chi connectivity index (χ3n) is 3.34. The molecule has 0 saturated heterocycles. The van der Waals surface area contributed by atoms with Gasteiger partial charge in [-0.2, -0.15) is 0 Å². The highest BCUT2D eigenvalue weighted by Gasteiger charge is 2.18. The van der Waals surface area contributed by atoms with Crippen LogP contribution in [0.25, 0.3) is 17.2 Å². The fourth-order valence-corrected chi connectivity index (χ4v) is 2.42. The lowest BCUT2D eigenvalue weighted by Gasteiger charge is -2.20. The monoisotopic (exact) mass is 240 g/mol. The lowest BCUT2D eigenvalue weighted by molar-refractivity contribution is 0.416. The Kier molecular flexibility index (Phi) is 2.59. The normalized spacial score (nSPS) is 13.6. The molecule has 1 aromatic heterocycles. The number of nitrogens with zero attached hydrogens (tertiary/aromatic N) is 1. The van der Waals surface area contributed by atoms with Gasteiger partial charge in [0.05, 0.1) is 7.11 Å². The Hall–Kier alpha value is -2.16. The van der Waals surface area contributed by atoms with Crippen LogP contribution in [0, 0.1) is 0 Å². The Labute approximate surface area is 107 Å². The van der Waals surface area contributed by atoms with Crippen LogP contribution in [0.5, 0.6) is 5.75 Å². The number of aromatic nitrogens is 1. The molecule has 1 aromatic carbocycles. The smallest absolute Gasteiger partial charge is 0.126 e. The summed E-state index contributed by atoms with van der Waals surface area (Å²) in [6.07, 6.45) is 6.40. The lowest BCUT2D eigenvalue weighted by Crippen LogP contribution is -2.20. The van der Waals surface area contributed by atoms with Crippen LogP contribution in [0.3, 0.4) is 0 Å². The Morgan fingerprint density at radius 2 is 2.06 bits per heavy atom. The maximum atomic E-state index is 5.44. The molecule has 2 heterocycles. The number of ether oxygens (including phenoxy) is 1. The van der Waals surface area contributed by atoms with Gasteiger partial charge in [0.25, 0.3) is 0 Å². The second-order valence-electron chi connectivity index (χ2n) is 4.45. The van der Waals surface area contributed by atoms with Gasteiger partial charge in [-0.05, 0) is 6.07 Å². The summed E-state index contributed by atoms with van der Waals surface area (Å²) in [5.74, 6) is 2.07. The third kappa shape index (κ3) is 1.59. The van der Waals surface area contributed by atoms with Gasteiger partial charge in [-0.15, -0.1) is 0 Å². The molecule has 1 N–H and O–H groups in total. The van der Waals surface area contributed by atoms with E-state index in [1.807, 2.05) is 18.2 Å². The van der Waals surface area contributed by atoms with Crippen LogP contribution in [0.4, 0.5) is 5.82 Å². The van der Waals surface area contributed by atoms with Crippen LogP contribution in [0.15, 0.2) is 36.5 Å². The van der Waals surface area contributed by atoms with Gasteiger partial charge in [-0.25, -0.2) is 0 Å². The summed E-state index contributed by atoms with van der Waals surface area (Å²) in [7, 11) is 3.80. The Morgan fingerprint density at radius 3 is 2.89 bits per heavy atom. The first-order valence-electron chi connectivity index (χ1n) is 6.03. The van der Waals surface area contributed by atoms with Crippen LogP contribution in [0.1, 0.15) is 5.56 Å². The van der Waals surface area contributed by atoms with Crippen molar-refractivity contribution in [3.05, 3.63) is 42.1 Å². The van der Waals surface area contributed by atoms with Gasteiger partial charge < -0.3 is 14.6 Å². The molecule has 0 radical (unpaired) electrons. The van der Waals surface area contributed by atoms with Crippen LogP contribution in [-0.2, 0) is 0 Å². The van der Waals surface area contributed by atoms with Crippen LogP contribution in [-0.4, -0.2) is 25.7 Å². The van der Waals surface area contributed by atoms with Gasteiger partial charge in [0.1, 0.15) is 11.6 Å². The number of fused-ring (bicyclic) bond motifs is 1. The van der Waals surface area contributed by atoms with Gasteiger partial charge in [0.15, 0.2) is 0 Å². The molecule has 18 heavy (non-hydrogen) atoms. The van der Waals surface area contributed by atoms with E-state index >= 15 is 0 Å². The van der Waals surface area contributed by atoms with E-state index in [0.717, 1.165) is 17.9 Å². The predicted molar refractivity (Wildman–Crippen MR) is 75.1 cm³/mol. The average molecular weight is 240 g/mol. The van der Waals surface area contributed by atoms with E-state index < -0.39 is 0 Å². The first-order valence-corrected chi connectivity index (χ1v) is 6.03. The number of aromatic amines is 1. The topological polar surface area (TPSA) is 28.3 Å². The molecule has 3 heteroatoms. The molecule has 0 amide bonds. The number of anilines is 1. The molecular formula is C15H16N2O. The van der Waals surface area contributed by atoms with E-state index in [9.17, 15) is 0 Å². The van der Waals surface area contributed by atoms with Crippen molar-refractivity contribution >= 4 is 11.9 Å². The number of nitrogens with one attached hydrogen (secondary N) is 1. The van der Waals surface area contributed by atoms with Crippen LogP contribution >= 0.6 is 0 Å². The van der Waals surface area contributed by atoms with Gasteiger partial charge >= 0.3 is 0 Å². The van der Waals surface area contributed by atoms with Crippen molar-refractivity contribution in [1.29, 1.82) is 0 Å². The van der Waals surface area contributed by atoms with Crippen molar-refractivity contribution in [2.24, 2.45) is 0 Å². The average Bonchev–Trinajstić information content (AvgIpc) is 2.84. The number of likely N-dealkylation sites (N-methyl/N-ethyl adjacent to an activating group) is 1. The summed E-state index contributed by atoms with van der Waals surface area (Å²) in [6, 6.07) is 8.10. The highest BCUT2D eigenvalue weighted by atomic mass is 16.5. The summed E-state index contributed by atoms with van der Waals surface area (Å²) in [5.41, 5.74) is 3.54. The quantitative estimate of drug-likeness (QED) is 0.873. The minimum atomic E-state index is 0.904. The van der Waals surface area contributed by atoms with Crippen molar-refractivity contribution in [2.45, 2.75) is 0 Å². The SMILES string of the molecule is COc1ccccc1-c1c[nH]c2c1C=CCN2C. The standard InChI is InChI=1S/C15H16N2O/c1-17-9-5-7-12-13(10-16-15(12)17)11-6-3-4-8-14(11)18-2/h3-8,10,16H,9H2,1-2H3. The molecule has 1 aliphatic heterocycles. The van der Waals surface area contributed by atoms with E-state index in [2.05, 4.69) is 41.3 Å². The minimum absolute atomic E-state index is 0.904. The second kappa shape index (κ2) is 4.26. The van der Waals surface area contributed by atoms with E-state index in [0.29, 0.717) is 0 Å². The zero-order valence-electron chi connectivity index (χ0n) is 10.6. The van der Waals surface area contributed by atoms with E-state index in [-0.39, 0.29) is 0 Å². The summed E-state index contributed by atoms with van der Waals surface area (Å²) in [4.78, 5) is 5.55. The third-order valence-corrected chi connectivity index (χ3v) is 3.34. The van der Waals surface area contributed by atoms with Gasteiger partial charge in [-0.3, -0.25) is 0 Å². The zero-order valence-corrected chi connectivity index (χ0v) is 10.6. The number of hydrogen-bond acceptors (Lipinski definition) is 2. The number of rotatable bonds is 2. The highest BCUT2D eigenvalue weighted by molar-refractivity contribution is 5.86. The van der Waals surface area contributed by atoms with E-state index in [1.54, 1.807) is 7.11 Å². The molecule has 0 aliphatic carbocycles. The van der Waals surface area contributed by atoms with Gasteiger partial charge in [-0.1, -0.05) is 30.4 Å². The van der Waals surface area contributed by atoms with Crippen molar-refractivity contribution in [2.75, 3.05) is 25.6 Å². The van der Waals surface area contributed by atoms with Gasteiger partial charge in [0, 0.05) is 36.5 Å². The number of H-pyrrole nitrogens is 1. The number of methoxy groups -OCH3 is 1. The summed E-state index contributed by atoms with van der Waals surface area (Å²) < 4.78 is 5.44. The lowest BCUT2D eigenvalue weighted by atomic mass is 10.0. The molecular weight excluding hydrogens is 224 g/mol. The van der Waals surface area contributed by atoms with Crippen molar-refractivity contribution < 1.29 is 4.74 Å². The number of hydrogen-bond donors (Lipinski definition) is 1.